The zero-order valence-electron chi connectivity index (χ0n) is 18.3. The number of nitrogens with zero attached hydrogens (tertiary/aromatic N) is 6. The number of nitro benzene ring substituents is 1. The molecule has 1 unspecified atom stereocenters. The van der Waals surface area contributed by atoms with Crippen LogP contribution in [0.5, 0.6) is 0 Å². The van der Waals surface area contributed by atoms with Crippen molar-refractivity contribution in [2.45, 2.75) is 11.4 Å². The number of non-ortho nitro benzene ring substituents is 1. The number of rotatable bonds is 6. The fourth-order valence-electron chi connectivity index (χ4n) is 3.76. The van der Waals surface area contributed by atoms with Crippen molar-refractivity contribution in [3.05, 3.63) is 102 Å². The Hall–Kier alpha value is -4.48. The molecule has 0 aliphatic rings. The number of nitro groups is 1. The quantitative estimate of drug-likeness (QED) is 0.162. The molecule has 5 aromatic rings. The summed E-state index contributed by atoms with van der Waals surface area (Å²) in [4.78, 5) is 19.6. The second-order valence-corrected chi connectivity index (χ2v) is 9.26. The molecule has 174 valence electrons. The molecule has 5 rings (SSSR count). The monoisotopic (exact) mass is 487 g/mol. The van der Waals surface area contributed by atoms with Gasteiger partial charge in [-0.05, 0) is 30.3 Å². The van der Waals surface area contributed by atoms with Gasteiger partial charge in [-0.3, -0.25) is 14.7 Å². The molecule has 0 aliphatic carbocycles. The molecule has 0 radical (unpaired) electrons. The highest BCUT2D eigenvalue weighted by Crippen LogP contribution is 2.29. The van der Waals surface area contributed by atoms with E-state index in [0.29, 0.717) is 17.6 Å². The molecule has 0 bridgehead atoms. The number of benzene rings is 3. The number of fused-ring (bicyclic) bond motifs is 2. The molecule has 0 amide bonds. The first-order chi connectivity index (χ1) is 16.9. The molecule has 2 heterocycles. The summed E-state index contributed by atoms with van der Waals surface area (Å²) in [6.07, 6.45) is 3.56. The van der Waals surface area contributed by atoms with E-state index in [1.54, 1.807) is 35.2 Å². The maximum atomic E-state index is 13.3. The first-order valence-corrected chi connectivity index (χ1v) is 12.0. The molecule has 0 saturated heterocycles. The van der Waals surface area contributed by atoms with Crippen LogP contribution in [0.15, 0.2) is 101 Å². The Labute approximate surface area is 200 Å². The topological polar surface area (TPSA) is 127 Å². The zero-order valence-corrected chi connectivity index (χ0v) is 19.1. The Morgan fingerprint density at radius 2 is 1.80 bits per heavy atom. The van der Waals surface area contributed by atoms with Crippen LogP contribution in [0.1, 0.15) is 0 Å². The van der Waals surface area contributed by atoms with E-state index in [1.807, 2.05) is 34.9 Å². The van der Waals surface area contributed by atoms with Crippen LogP contribution < -0.4 is 4.57 Å². The van der Waals surface area contributed by atoms with Crippen molar-refractivity contribution in [3.8, 4) is 5.82 Å². The number of imidazole rings is 1. The fraction of sp³-hybridized carbons (Fsp3) is 0.0417. The summed E-state index contributed by atoms with van der Waals surface area (Å²) in [5, 5.41) is 11.2. The van der Waals surface area contributed by atoms with E-state index in [-0.39, 0.29) is 22.2 Å². The zero-order chi connectivity index (χ0) is 24.6. The second-order valence-electron chi connectivity index (χ2n) is 7.62. The van der Waals surface area contributed by atoms with Crippen LogP contribution >= 0.6 is 0 Å². The predicted molar refractivity (Wildman–Crippen MR) is 131 cm³/mol. The van der Waals surface area contributed by atoms with Crippen molar-refractivity contribution in [2.24, 2.45) is 4.36 Å². The average Bonchev–Trinajstić information content (AvgIpc) is 3.22. The summed E-state index contributed by atoms with van der Waals surface area (Å²) in [6, 6.07) is 19.7. The van der Waals surface area contributed by atoms with Crippen LogP contribution in [0.4, 0.5) is 11.5 Å². The van der Waals surface area contributed by atoms with Gasteiger partial charge in [-0.1, -0.05) is 43.0 Å². The van der Waals surface area contributed by atoms with Gasteiger partial charge < -0.3 is 0 Å². The lowest BCUT2D eigenvalue weighted by Gasteiger charge is -2.06. The van der Waals surface area contributed by atoms with Gasteiger partial charge in [0.25, 0.3) is 17.8 Å². The minimum absolute atomic E-state index is 0.0748. The molecule has 1 atom stereocenters. The molecule has 3 aromatic carbocycles. The van der Waals surface area contributed by atoms with Gasteiger partial charge in [0, 0.05) is 12.1 Å². The number of para-hydroxylation sites is 4. The van der Waals surface area contributed by atoms with Crippen LogP contribution in [-0.2, 0) is 16.6 Å². The van der Waals surface area contributed by atoms with Gasteiger partial charge in [0.15, 0.2) is 21.0 Å². The minimum Gasteiger partial charge on any atom is -0.296 e. The van der Waals surface area contributed by atoms with E-state index in [0.717, 1.165) is 17.1 Å². The number of allylic oxidation sites excluding steroid dienone is 1. The summed E-state index contributed by atoms with van der Waals surface area (Å²) >= 11 is 0. The maximum Gasteiger partial charge on any atom is 0.273 e. The van der Waals surface area contributed by atoms with Crippen LogP contribution in [0.25, 0.3) is 27.9 Å². The molecule has 0 spiro atoms. The van der Waals surface area contributed by atoms with Gasteiger partial charge in [-0.25, -0.2) is 18.7 Å². The van der Waals surface area contributed by atoms with Gasteiger partial charge in [-0.2, -0.15) is 4.57 Å². The third-order valence-electron chi connectivity index (χ3n) is 5.34. The summed E-state index contributed by atoms with van der Waals surface area (Å²) in [5.74, 6) is 0.170. The molecular formula is C24H19N6O4S+. The number of hydrogen-bond donors (Lipinski definition) is 1. The van der Waals surface area contributed by atoms with Crippen LogP contribution in [0.3, 0.4) is 0 Å². The van der Waals surface area contributed by atoms with Gasteiger partial charge in [0.05, 0.1) is 20.9 Å². The third kappa shape index (κ3) is 4.14. The van der Waals surface area contributed by atoms with E-state index in [9.17, 15) is 18.9 Å². The van der Waals surface area contributed by atoms with E-state index < -0.39 is 14.9 Å². The van der Waals surface area contributed by atoms with Gasteiger partial charge in [0.1, 0.15) is 6.54 Å². The van der Waals surface area contributed by atoms with E-state index in [2.05, 4.69) is 15.9 Å². The molecule has 0 aliphatic heterocycles. The molecule has 2 aromatic heterocycles. The number of aromatic nitrogens is 4. The van der Waals surface area contributed by atoms with Gasteiger partial charge >= 0.3 is 0 Å². The Kier molecular flexibility index (Phi) is 5.55. The lowest BCUT2D eigenvalue weighted by atomic mass is 10.3. The van der Waals surface area contributed by atoms with Crippen molar-refractivity contribution in [1.82, 2.24) is 14.5 Å². The molecule has 0 saturated carbocycles. The fourth-order valence-corrected chi connectivity index (χ4v) is 4.76. The Balaban J connectivity index is 1.80. The summed E-state index contributed by atoms with van der Waals surface area (Å²) < 4.78 is 31.9. The van der Waals surface area contributed by atoms with E-state index in [1.165, 1.54) is 18.2 Å². The highest BCUT2D eigenvalue weighted by atomic mass is 32.2. The number of hydrogen-bond acceptors (Lipinski definition) is 6. The summed E-state index contributed by atoms with van der Waals surface area (Å²) in [5.41, 5.74) is 2.44. The lowest BCUT2D eigenvalue weighted by molar-refractivity contribution is -0.661. The summed E-state index contributed by atoms with van der Waals surface area (Å²) in [6.45, 7) is 4.34. The molecule has 11 heteroatoms. The normalized spacial score (nSPS) is 12.9. The van der Waals surface area contributed by atoms with E-state index in [4.69, 9.17) is 4.98 Å². The highest BCUT2D eigenvalue weighted by molar-refractivity contribution is 7.88. The standard InChI is InChI=1S/C24H18N6O4S/c1-2-14-28-16-29(22-13-6-5-12-21(22)28)24-23(25-19-10-3-4-11-20(19)26-24)27-35(33,34)18-9-7-8-17(15-18)30(31)32/h2-13,15-16H,1,14H2/p+1. The Morgan fingerprint density at radius 1 is 1.09 bits per heavy atom. The van der Waals surface area contributed by atoms with Crippen molar-refractivity contribution in [2.75, 3.05) is 0 Å². The lowest BCUT2D eigenvalue weighted by Crippen LogP contribution is -2.30. The smallest absolute Gasteiger partial charge is 0.273 e. The van der Waals surface area contributed by atoms with Crippen molar-refractivity contribution in [1.29, 1.82) is 0 Å². The highest BCUT2D eigenvalue weighted by Gasteiger charge is 2.24. The summed E-state index contributed by atoms with van der Waals surface area (Å²) in [7, 11) is -4.09. The van der Waals surface area contributed by atoms with Crippen molar-refractivity contribution < 1.29 is 18.3 Å². The van der Waals surface area contributed by atoms with Crippen molar-refractivity contribution >= 4 is 43.6 Å². The van der Waals surface area contributed by atoms with Gasteiger partial charge in [-0.15, -0.1) is 4.36 Å². The molecule has 35 heavy (non-hydrogen) atoms. The van der Waals surface area contributed by atoms with Crippen molar-refractivity contribution in [3.63, 3.8) is 0 Å². The van der Waals surface area contributed by atoms with Crippen LogP contribution in [-0.4, -0.2) is 28.2 Å². The maximum absolute atomic E-state index is 13.3. The Morgan fingerprint density at radius 3 is 2.54 bits per heavy atom. The average molecular weight is 488 g/mol. The largest absolute Gasteiger partial charge is 0.296 e. The second kappa shape index (κ2) is 8.70. The molecule has 0 fully saturated rings. The third-order valence-corrected chi connectivity index (χ3v) is 6.63. The first-order valence-electron chi connectivity index (χ1n) is 10.5. The van der Waals surface area contributed by atoms with Crippen LogP contribution in [0.2, 0.25) is 0 Å². The molecular weight excluding hydrogens is 468 g/mol. The van der Waals surface area contributed by atoms with E-state index >= 15 is 0 Å². The minimum atomic E-state index is -4.09. The predicted octanol–water partition coefficient (Wildman–Crippen LogP) is 4.59. The molecule has 10 nitrogen and oxygen atoms in total. The SMILES string of the molecule is C=CC[n+]1cn(-c2nc3ccccc3nc2N=S(=O)(O)c2cccc([N+](=O)[O-])c2)c2ccccc21. The molecule has 1 N–H and O–H groups in total. The van der Waals surface area contributed by atoms with Gasteiger partial charge in [0.2, 0.25) is 5.82 Å². The Bertz CT molecular complexity index is 1750. The van der Waals surface area contributed by atoms with Crippen LogP contribution in [0, 0.1) is 10.1 Å². The first kappa shape index (κ1) is 22.3.